The van der Waals surface area contributed by atoms with Crippen LogP contribution < -0.4 is 15.2 Å². The molecule has 2 aromatic rings. The molecule has 0 aliphatic rings. The summed E-state index contributed by atoms with van der Waals surface area (Å²) in [5.74, 6) is 1.73. The van der Waals surface area contributed by atoms with Crippen LogP contribution in [0.25, 0.3) is 0 Å². The quantitative estimate of drug-likeness (QED) is 0.878. The molecule has 0 amide bonds. The number of ether oxygens (including phenoxy) is 2. The van der Waals surface area contributed by atoms with Gasteiger partial charge in [0.2, 0.25) is 0 Å². The molecule has 3 heteroatoms. The van der Waals surface area contributed by atoms with Gasteiger partial charge in [-0.15, -0.1) is 0 Å². The Bertz CT molecular complexity index is 637. The Morgan fingerprint density at radius 2 is 1.73 bits per heavy atom. The minimum atomic E-state index is 0.0233. The molecule has 118 valence electrons. The SMILES string of the molecule is COc1ccc(OC)c(CCC(N)c2ccc(C)c(C)c2)c1. The largest absolute Gasteiger partial charge is 0.497 e. The van der Waals surface area contributed by atoms with Gasteiger partial charge in [0, 0.05) is 6.04 Å². The highest BCUT2D eigenvalue weighted by Crippen LogP contribution is 2.27. The zero-order valence-electron chi connectivity index (χ0n) is 13.8. The van der Waals surface area contributed by atoms with Crippen LogP contribution in [0.2, 0.25) is 0 Å². The van der Waals surface area contributed by atoms with E-state index in [0.717, 1.165) is 29.9 Å². The molecule has 2 rings (SSSR count). The van der Waals surface area contributed by atoms with Crippen molar-refractivity contribution in [3.05, 3.63) is 58.7 Å². The van der Waals surface area contributed by atoms with Crippen molar-refractivity contribution in [2.75, 3.05) is 14.2 Å². The van der Waals surface area contributed by atoms with Crippen molar-refractivity contribution in [2.45, 2.75) is 32.7 Å². The van der Waals surface area contributed by atoms with E-state index in [4.69, 9.17) is 15.2 Å². The van der Waals surface area contributed by atoms with E-state index in [-0.39, 0.29) is 6.04 Å². The Labute approximate surface area is 133 Å². The second-order valence-corrected chi connectivity index (χ2v) is 5.67. The lowest BCUT2D eigenvalue weighted by atomic mass is 9.96. The Morgan fingerprint density at radius 3 is 2.36 bits per heavy atom. The first-order valence-electron chi connectivity index (χ1n) is 7.58. The molecule has 0 saturated heterocycles. The van der Waals surface area contributed by atoms with E-state index >= 15 is 0 Å². The molecule has 2 N–H and O–H groups in total. The Morgan fingerprint density at radius 1 is 0.955 bits per heavy atom. The molecule has 1 atom stereocenters. The standard InChI is InChI=1S/C19H25NO2/c1-13-5-6-15(11-14(13)2)18(20)9-7-16-12-17(21-3)8-10-19(16)22-4/h5-6,8,10-12,18H,7,9,20H2,1-4H3. The Kier molecular flexibility index (Phi) is 5.45. The summed E-state index contributed by atoms with van der Waals surface area (Å²) in [6.45, 7) is 4.24. The van der Waals surface area contributed by atoms with Gasteiger partial charge in [-0.1, -0.05) is 18.2 Å². The first-order chi connectivity index (χ1) is 10.5. The normalized spacial score (nSPS) is 12.0. The summed E-state index contributed by atoms with van der Waals surface area (Å²) in [5, 5.41) is 0. The average Bonchev–Trinajstić information content (AvgIpc) is 2.54. The number of benzene rings is 2. The fourth-order valence-electron chi connectivity index (χ4n) is 2.55. The van der Waals surface area contributed by atoms with Gasteiger partial charge in [0.05, 0.1) is 14.2 Å². The van der Waals surface area contributed by atoms with Gasteiger partial charge in [0.15, 0.2) is 0 Å². The van der Waals surface area contributed by atoms with Crippen molar-refractivity contribution in [3.63, 3.8) is 0 Å². The van der Waals surface area contributed by atoms with Crippen LogP contribution in [0.1, 0.15) is 34.7 Å². The number of hydrogen-bond acceptors (Lipinski definition) is 3. The Balaban J connectivity index is 2.10. The third-order valence-corrected chi connectivity index (χ3v) is 4.17. The maximum atomic E-state index is 6.35. The number of rotatable bonds is 6. The van der Waals surface area contributed by atoms with Gasteiger partial charge in [0.25, 0.3) is 0 Å². The fraction of sp³-hybridized carbons (Fsp3) is 0.368. The van der Waals surface area contributed by atoms with Gasteiger partial charge in [-0.25, -0.2) is 0 Å². The van der Waals surface area contributed by atoms with Crippen LogP contribution >= 0.6 is 0 Å². The third-order valence-electron chi connectivity index (χ3n) is 4.17. The van der Waals surface area contributed by atoms with Crippen LogP contribution in [0, 0.1) is 13.8 Å². The van der Waals surface area contributed by atoms with Gasteiger partial charge >= 0.3 is 0 Å². The number of hydrogen-bond donors (Lipinski definition) is 1. The number of methoxy groups -OCH3 is 2. The van der Waals surface area contributed by atoms with Crippen LogP contribution in [0.4, 0.5) is 0 Å². The molecule has 1 unspecified atom stereocenters. The van der Waals surface area contributed by atoms with Crippen molar-refractivity contribution < 1.29 is 9.47 Å². The van der Waals surface area contributed by atoms with Gasteiger partial charge in [-0.3, -0.25) is 0 Å². The predicted octanol–water partition coefficient (Wildman–Crippen LogP) is 3.95. The van der Waals surface area contributed by atoms with Crippen molar-refractivity contribution in [3.8, 4) is 11.5 Å². The smallest absolute Gasteiger partial charge is 0.122 e. The average molecular weight is 299 g/mol. The van der Waals surface area contributed by atoms with E-state index in [2.05, 4.69) is 32.0 Å². The third kappa shape index (κ3) is 3.80. The molecule has 0 aliphatic heterocycles. The van der Waals surface area contributed by atoms with Gasteiger partial charge in [-0.2, -0.15) is 0 Å². The topological polar surface area (TPSA) is 44.5 Å². The van der Waals surface area contributed by atoms with Crippen LogP contribution in [-0.4, -0.2) is 14.2 Å². The molecular formula is C19H25NO2. The lowest BCUT2D eigenvalue weighted by Crippen LogP contribution is -2.12. The second kappa shape index (κ2) is 7.32. The summed E-state index contributed by atoms with van der Waals surface area (Å²) in [7, 11) is 3.36. The van der Waals surface area contributed by atoms with E-state index in [0.29, 0.717) is 0 Å². The van der Waals surface area contributed by atoms with Crippen molar-refractivity contribution in [1.82, 2.24) is 0 Å². The monoisotopic (exact) mass is 299 g/mol. The highest BCUT2D eigenvalue weighted by Gasteiger charge is 2.10. The molecule has 3 nitrogen and oxygen atoms in total. The molecule has 0 aromatic heterocycles. The van der Waals surface area contributed by atoms with E-state index in [1.165, 1.54) is 16.7 Å². The zero-order valence-corrected chi connectivity index (χ0v) is 13.8. The van der Waals surface area contributed by atoms with Crippen LogP contribution in [-0.2, 0) is 6.42 Å². The maximum absolute atomic E-state index is 6.35. The van der Waals surface area contributed by atoms with Crippen LogP contribution in [0.3, 0.4) is 0 Å². The second-order valence-electron chi connectivity index (χ2n) is 5.67. The summed E-state index contributed by atoms with van der Waals surface area (Å²) in [5.41, 5.74) is 11.2. The molecule has 0 aliphatic carbocycles. The van der Waals surface area contributed by atoms with Gasteiger partial charge in [-0.05, 0) is 67.1 Å². The van der Waals surface area contributed by atoms with E-state index in [9.17, 15) is 0 Å². The number of aryl methyl sites for hydroxylation is 3. The van der Waals surface area contributed by atoms with E-state index in [1.54, 1.807) is 14.2 Å². The molecular weight excluding hydrogens is 274 g/mol. The molecule has 2 aromatic carbocycles. The number of nitrogens with two attached hydrogens (primary N) is 1. The zero-order chi connectivity index (χ0) is 16.1. The summed E-state index contributed by atoms with van der Waals surface area (Å²) in [6.07, 6.45) is 1.72. The fourth-order valence-corrected chi connectivity index (χ4v) is 2.55. The predicted molar refractivity (Wildman–Crippen MR) is 90.7 cm³/mol. The first-order valence-corrected chi connectivity index (χ1v) is 7.58. The highest BCUT2D eigenvalue weighted by atomic mass is 16.5. The van der Waals surface area contributed by atoms with E-state index < -0.39 is 0 Å². The summed E-state index contributed by atoms with van der Waals surface area (Å²) in [6, 6.07) is 12.3. The van der Waals surface area contributed by atoms with Crippen LogP contribution in [0.5, 0.6) is 11.5 Å². The molecule has 0 radical (unpaired) electrons. The summed E-state index contributed by atoms with van der Waals surface area (Å²) in [4.78, 5) is 0. The van der Waals surface area contributed by atoms with Gasteiger partial charge in [0.1, 0.15) is 11.5 Å². The highest BCUT2D eigenvalue weighted by molar-refractivity contribution is 5.40. The van der Waals surface area contributed by atoms with Crippen molar-refractivity contribution in [1.29, 1.82) is 0 Å². The van der Waals surface area contributed by atoms with E-state index in [1.807, 2.05) is 18.2 Å². The minimum absolute atomic E-state index is 0.0233. The molecule has 0 heterocycles. The van der Waals surface area contributed by atoms with Gasteiger partial charge < -0.3 is 15.2 Å². The molecule has 0 fully saturated rings. The molecule has 22 heavy (non-hydrogen) atoms. The summed E-state index contributed by atoms with van der Waals surface area (Å²) >= 11 is 0. The molecule has 0 spiro atoms. The Hall–Kier alpha value is -2.00. The van der Waals surface area contributed by atoms with Crippen molar-refractivity contribution >= 4 is 0 Å². The molecule has 0 bridgehead atoms. The lowest BCUT2D eigenvalue weighted by Gasteiger charge is -2.15. The summed E-state index contributed by atoms with van der Waals surface area (Å²) < 4.78 is 10.7. The molecule has 0 saturated carbocycles. The van der Waals surface area contributed by atoms with Crippen LogP contribution in [0.15, 0.2) is 36.4 Å². The lowest BCUT2D eigenvalue weighted by molar-refractivity contribution is 0.397. The minimum Gasteiger partial charge on any atom is -0.497 e. The van der Waals surface area contributed by atoms with Crippen molar-refractivity contribution in [2.24, 2.45) is 5.73 Å². The maximum Gasteiger partial charge on any atom is 0.122 e. The first kappa shape index (κ1) is 16.4.